The van der Waals surface area contributed by atoms with E-state index >= 15 is 0 Å². The number of carbonyl (C=O) groups is 1. The van der Waals surface area contributed by atoms with Crippen LogP contribution < -0.4 is 5.32 Å². The van der Waals surface area contributed by atoms with Gasteiger partial charge >= 0.3 is 6.18 Å². The van der Waals surface area contributed by atoms with Crippen LogP contribution in [0.1, 0.15) is 42.4 Å². The number of aryl methyl sites for hydroxylation is 1. The largest absolute Gasteiger partial charge is 0.416 e. The van der Waals surface area contributed by atoms with Crippen molar-refractivity contribution >= 4 is 15.9 Å². The van der Waals surface area contributed by atoms with Crippen molar-refractivity contribution in [3.8, 4) is 0 Å². The van der Waals surface area contributed by atoms with Crippen LogP contribution in [-0.2, 0) is 34.0 Å². The summed E-state index contributed by atoms with van der Waals surface area (Å²) in [6, 6.07) is 11.3. The number of piperidine rings is 1. The van der Waals surface area contributed by atoms with Crippen molar-refractivity contribution in [1.82, 2.24) is 9.62 Å². The second kappa shape index (κ2) is 9.82. The number of nitrogens with zero attached hydrogens (tertiary/aromatic N) is 1. The molecule has 0 atom stereocenters. The normalized spacial score (nSPS) is 15.6. The summed E-state index contributed by atoms with van der Waals surface area (Å²) < 4.78 is 65.1. The summed E-state index contributed by atoms with van der Waals surface area (Å²) in [4.78, 5) is 12.3. The summed E-state index contributed by atoms with van der Waals surface area (Å²) in [6.07, 6.45) is -1.09. The number of amides is 1. The molecule has 0 unspecified atom stereocenters. The molecule has 1 fully saturated rings. The Morgan fingerprint density at radius 3 is 2.29 bits per heavy atom. The second-order valence-electron chi connectivity index (χ2n) is 7.58. The van der Waals surface area contributed by atoms with Crippen molar-refractivity contribution < 1.29 is 26.4 Å². The summed E-state index contributed by atoms with van der Waals surface area (Å²) in [5.74, 6) is -0.289. The smallest absolute Gasteiger partial charge is 0.352 e. The van der Waals surface area contributed by atoms with Crippen LogP contribution in [0.3, 0.4) is 0 Å². The van der Waals surface area contributed by atoms with Crippen molar-refractivity contribution in [2.45, 2.75) is 49.7 Å². The molecule has 2 aromatic carbocycles. The molecule has 0 spiro atoms. The number of hydrogen-bond donors (Lipinski definition) is 1. The van der Waals surface area contributed by atoms with Crippen molar-refractivity contribution in [1.29, 1.82) is 0 Å². The Morgan fingerprint density at radius 1 is 0.968 bits per heavy atom. The van der Waals surface area contributed by atoms with Gasteiger partial charge in [0.25, 0.3) is 0 Å². The zero-order valence-electron chi connectivity index (χ0n) is 17.0. The predicted octanol–water partition coefficient (Wildman–Crippen LogP) is 4.13. The minimum absolute atomic E-state index is 0.00969. The summed E-state index contributed by atoms with van der Waals surface area (Å²) in [5.41, 5.74) is 0.432. The first-order valence-electron chi connectivity index (χ1n) is 10.2. The molecule has 0 saturated carbocycles. The topological polar surface area (TPSA) is 66.5 Å². The quantitative estimate of drug-likeness (QED) is 0.684. The van der Waals surface area contributed by atoms with Gasteiger partial charge in [-0.3, -0.25) is 4.79 Å². The van der Waals surface area contributed by atoms with E-state index in [2.05, 4.69) is 5.32 Å². The molecule has 1 aliphatic heterocycles. The molecule has 0 bridgehead atoms. The molecule has 31 heavy (non-hydrogen) atoms. The van der Waals surface area contributed by atoms with Crippen LogP contribution in [0.25, 0.3) is 0 Å². The second-order valence-corrected chi connectivity index (χ2v) is 9.52. The van der Waals surface area contributed by atoms with Crippen molar-refractivity contribution in [2.24, 2.45) is 0 Å². The average molecular weight is 455 g/mol. The Balaban J connectivity index is 1.50. The van der Waals surface area contributed by atoms with Crippen LogP contribution in [0.15, 0.2) is 53.4 Å². The van der Waals surface area contributed by atoms with Crippen molar-refractivity contribution in [3.05, 3.63) is 65.2 Å². The summed E-state index contributed by atoms with van der Waals surface area (Å²) in [6.45, 7) is 1.09. The molecule has 168 valence electrons. The maximum Gasteiger partial charge on any atom is 0.416 e. The lowest BCUT2D eigenvalue weighted by atomic mass is 10.1. The van der Waals surface area contributed by atoms with E-state index in [-0.39, 0.29) is 23.8 Å². The van der Waals surface area contributed by atoms with E-state index < -0.39 is 21.8 Å². The standard InChI is InChI=1S/C22H25F3N2O3S/c23-22(24,25)19-6-4-5-18(15-19)16-26-21(28)12-9-17-7-10-20(11-8-17)31(29,30)27-13-2-1-3-14-27/h4-8,10-11,15H,1-3,9,12-14,16H2,(H,26,28). The molecule has 0 aromatic heterocycles. The molecule has 1 saturated heterocycles. The third kappa shape index (κ3) is 6.30. The fourth-order valence-electron chi connectivity index (χ4n) is 3.49. The van der Waals surface area contributed by atoms with E-state index in [0.29, 0.717) is 25.1 Å². The van der Waals surface area contributed by atoms with Crippen molar-refractivity contribution in [2.75, 3.05) is 13.1 Å². The zero-order valence-corrected chi connectivity index (χ0v) is 17.8. The van der Waals surface area contributed by atoms with Crippen LogP contribution in [0, 0.1) is 0 Å². The Morgan fingerprint density at radius 2 is 1.65 bits per heavy atom. The highest BCUT2D eigenvalue weighted by molar-refractivity contribution is 7.89. The van der Waals surface area contributed by atoms with E-state index in [1.165, 1.54) is 16.4 Å². The Hall–Kier alpha value is -2.39. The summed E-state index contributed by atoms with van der Waals surface area (Å²) in [5, 5.41) is 2.62. The fourth-order valence-corrected chi connectivity index (χ4v) is 5.00. The van der Waals surface area contributed by atoms with Gasteiger partial charge in [-0.25, -0.2) is 8.42 Å². The number of halogens is 3. The lowest BCUT2D eigenvalue weighted by molar-refractivity contribution is -0.137. The van der Waals surface area contributed by atoms with Gasteiger partial charge in [0.05, 0.1) is 10.5 Å². The van der Waals surface area contributed by atoms with Gasteiger partial charge < -0.3 is 5.32 Å². The zero-order chi connectivity index (χ0) is 22.5. The Kier molecular flexibility index (Phi) is 7.38. The van der Waals surface area contributed by atoms with Crippen LogP contribution in [0.2, 0.25) is 0 Å². The number of benzene rings is 2. The molecule has 3 rings (SSSR count). The first-order chi connectivity index (χ1) is 14.7. The molecular formula is C22H25F3N2O3S. The molecule has 0 aliphatic carbocycles. The molecule has 1 heterocycles. The van der Waals surface area contributed by atoms with E-state index in [1.807, 2.05) is 0 Å². The third-order valence-corrected chi connectivity index (χ3v) is 7.17. The van der Waals surface area contributed by atoms with E-state index in [1.54, 1.807) is 24.3 Å². The molecule has 1 N–H and O–H groups in total. The number of sulfonamides is 1. The van der Waals surface area contributed by atoms with Gasteiger partial charge in [-0.1, -0.05) is 30.7 Å². The van der Waals surface area contributed by atoms with Gasteiger partial charge in [0.1, 0.15) is 0 Å². The maximum absolute atomic E-state index is 12.8. The minimum Gasteiger partial charge on any atom is -0.352 e. The Labute approximate surface area is 180 Å². The molecule has 2 aromatic rings. The fraction of sp³-hybridized carbons (Fsp3) is 0.409. The third-order valence-electron chi connectivity index (χ3n) is 5.26. The van der Waals surface area contributed by atoms with E-state index in [4.69, 9.17) is 0 Å². The highest BCUT2D eigenvalue weighted by Gasteiger charge is 2.30. The van der Waals surface area contributed by atoms with Gasteiger partial charge in [-0.2, -0.15) is 17.5 Å². The number of alkyl halides is 3. The van der Waals surface area contributed by atoms with Gasteiger partial charge in [0, 0.05) is 26.1 Å². The molecule has 5 nitrogen and oxygen atoms in total. The average Bonchev–Trinajstić information content (AvgIpc) is 2.77. The monoisotopic (exact) mass is 454 g/mol. The number of nitrogens with one attached hydrogen (secondary N) is 1. The lowest BCUT2D eigenvalue weighted by Crippen LogP contribution is -2.35. The Bertz CT molecular complexity index is 999. The number of carbonyl (C=O) groups excluding carboxylic acids is 1. The predicted molar refractivity (Wildman–Crippen MR) is 111 cm³/mol. The minimum atomic E-state index is -4.42. The lowest BCUT2D eigenvalue weighted by Gasteiger charge is -2.25. The van der Waals surface area contributed by atoms with Gasteiger partial charge in [-0.05, 0) is 54.7 Å². The first-order valence-corrected chi connectivity index (χ1v) is 11.6. The SMILES string of the molecule is O=C(CCc1ccc(S(=O)(=O)N2CCCCC2)cc1)NCc1cccc(C(F)(F)F)c1. The molecule has 1 amide bonds. The van der Waals surface area contributed by atoms with E-state index in [0.717, 1.165) is 37.0 Å². The van der Waals surface area contributed by atoms with Crippen LogP contribution in [0.5, 0.6) is 0 Å². The van der Waals surface area contributed by atoms with Crippen LogP contribution >= 0.6 is 0 Å². The number of rotatable bonds is 7. The van der Waals surface area contributed by atoms with Crippen LogP contribution in [-0.4, -0.2) is 31.7 Å². The maximum atomic E-state index is 12.8. The van der Waals surface area contributed by atoms with Crippen LogP contribution in [0.4, 0.5) is 13.2 Å². The van der Waals surface area contributed by atoms with Gasteiger partial charge in [0.15, 0.2) is 0 Å². The number of hydrogen-bond acceptors (Lipinski definition) is 3. The molecule has 9 heteroatoms. The highest BCUT2D eigenvalue weighted by atomic mass is 32.2. The van der Waals surface area contributed by atoms with Gasteiger partial charge in [-0.15, -0.1) is 0 Å². The van der Waals surface area contributed by atoms with Crippen molar-refractivity contribution in [3.63, 3.8) is 0 Å². The summed E-state index contributed by atoms with van der Waals surface area (Å²) >= 11 is 0. The molecular weight excluding hydrogens is 429 g/mol. The highest BCUT2D eigenvalue weighted by Crippen LogP contribution is 2.29. The summed E-state index contributed by atoms with van der Waals surface area (Å²) in [7, 11) is -3.49. The molecule has 1 aliphatic rings. The first kappa shape index (κ1) is 23.3. The van der Waals surface area contributed by atoms with Gasteiger partial charge in [0.2, 0.25) is 15.9 Å². The molecule has 0 radical (unpaired) electrons. The van der Waals surface area contributed by atoms with E-state index in [9.17, 15) is 26.4 Å².